The van der Waals surface area contributed by atoms with Gasteiger partial charge in [0.15, 0.2) is 5.78 Å². The Morgan fingerprint density at radius 3 is 2.65 bits per heavy atom. The Labute approximate surface area is 186 Å². The summed E-state index contributed by atoms with van der Waals surface area (Å²) in [6.45, 7) is 8.99. The smallest absolute Gasteiger partial charge is 0.309 e. The van der Waals surface area contributed by atoms with E-state index in [0.29, 0.717) is 42.4 Å². The molecule has 5 heteroatoms. The predicted octanol–water partition coefficient (Wildman–Crippen LogP) is 4.45. The van der Waals surface area contributed by atoms with E-state index in [0.717, 1.165) is 19.3 Å². The van der Waals surface area contributed by atoms with Crippen molar-refractivity contribution in [3.05, 3.63) is 11.6 Å². The summed E-state index contributed by atoms with van der Waals surface area (Å²) in [4.78, 5) is 35.8. The van der Waals surface area contributed by atoms with Gasteiger partial charge in [0, 0.05) is 13.3 Å². The highest BCUT2D eigenvalue weighted by Gasteiger charge is 2.60. The summed E-state index contributed by atoms with van der Waals surface area (Å²) < 4.78 is 5.50. The molecule has 0 aromatic heterocycles. The zero-order valence-corrected chi connectivity index (χ0v) is 19.7. The van der Waals surface area contributed by atoms with Crippen molar-refractivity contribution in [2.45, 2.75) is 79.1 Å². The fourth-order valence-electron chi connectivity index (χ4n) is 8.10. The van der Waals surface area contributed by atoms with E-state index in [-0.39, 0.29) is 35.2 Å². The largest absolute Gasteiger partial charge is 0.464 e. The summed E-state index contributed by atoms with van der Waals surface area (Å²) in [7, 11) is 0. The Morgan fingerprint density at radius 1 is 1.13 bits per heavy atom. The minimum Gasteiger partial charge on any atom is -0.464 e. The maximum atomic E-state index is 12.8. The monoisotopic (exact) mass is 429 g/mol. The number of rotatable bonds is 5. The summed E-state index contributed by atoms with van der Waals surface area (Å²) in [6, 6.07) is 0. The molecule has 0 aromatic rings. The molecule has 172 valence electrons. The van der Waals surface area contributed by atoms with Crippen LogP contribution in [0.4, 0.5) is 0 Å². The normalized spacial score (nSPS) is 40.1. The van der Waals surface area contributed by atoms with Crippen LogP contribution in [0.5, 0.6) is 0 Å². The predicted molar refractivity (Wildman–Crippen MR) is 119 cm³/mol. The highest BCUT2D eigenvalue weighted by atomic mass is 16.5. The third-order valence-electron chi connectivity index (χ3n) is 9.73. The highest BCUT2D eigenvalue weighted by molar-refractivity contribution is 5.91. The van der Waals surface area contributed by atoms with Crippen molar-refractivity contribution in [1.82, 2.24) is 5.32 Å². The number of ether oxygens (including phenoxy) is 1. The van der Waals surface area contributed by atoms with E-state index >= 15 is 0 Å². The summed E-state index contributed by atoms with van der Waals surface area (Å²) in [6.07, 6.45) is 10.7. The van der Waals surface area contributed by atoms with Gasteiger partial charge in [0.1, 0.15) is 6.61 Å². The van der Waals surface area contributed by atoms with Crippen LogP contribution in [-0.2, 0) is 19.1 Å². The van der Waals surface area contributed by atoms with Crippen molar-refractivity contribution in [2.75, 3.05) is 13.2 Å². The molecule has 3 fully saturated rings. The van der Waals surface area contributed by atoms with Gasteiger partial charge in [0.25, 0.3) is 0 Å². The van der Waals surface area contributed by atoms with Gasteiger partial charge >= 0.3 is 5.97 Å². The topological polar surface area (TPSA) is 72.5 Å². The van der Waals surface area contributed by atoms with Crippen molar-refractivity contribution < 1.29 is 19.1 Å². The van der Waals surface area contributed by atoms with E-state index in [9.17, 15) is 14.4 Å². The van der Waals surface area contributed by atoms with Crippen molar-refractivity contribution in [2.24, 2.45) is 40.4 Å². The SMILES string of the molecule is CC(=O)NCCOC(=O)[C@@H](C)[C@H]1CC[C@H]2[C@@H]3CCC4=CC(=O)CC[C@]4(C)[C@H]3CC[C@]12C. The van der Waals surface area contributed by atoms with Crippen LogP contribution in [0.1, 0.15) is 79.1 Å². The quantitative estimate of drug-likeness (QED) is 0.518. The van der Waals surface area contributed by atoms with E-state index in [2.05, 4.69) is 19.2 Å². The molecule has 1 N–H and O–H groups in total. The van der Waals surface area contributed by atoms with Crippen LogP contribution >= 0.6 is 0 Å². The Morgan fingerprint density at radius 2 is 1.90 bits per heavy atom. The minimum atomic E-state index is -0.119. The minimum absolute atomic E-state index is 0.103. The fraction of sp³-hybridized carbons (Fsp3) is 0.808. The number of amides is 1. The zero-order valence-electron chi connectivity index (χ0n) is 19.7. The molecule has 0 aliphatic heterocycles. The van der Waals surface area contributed by atoms with Crippen LogP contribution in [0.2, 0.25) is 0 Å². The second-order valence-corrected chi connectivity index (χ2v) is 11.1. The van der Waals surface area contributed by atoms with Crippen molar-refractivity contribution in [1.29, 1.82) is 0 Å². The maximum absolute atomic E-state index is 12.8. The van der Waals surface area contributed by atoms with Crippen LogP contribution < -0.4 is 5.32 Å². The number of fused-ring (bicyclic) bond motifs is 5. The molecular weight excluding hydrogens is 390 g/mol. The third kappa shape index (κ3) is 3.87. The van der Waals surface area contributed by atoms with Gasteiger partial charge in [0.05, 0.1) is 12.5 Å². The third-order valence-corrected chi connectivity index (χ3v) is 9.73. The summed E-state index contributed by atoms with van der Waals surface area (Å²) >= 11 is 0. The fourth-order valence-corrected chi connectivity index (χ4v) is 8.10. The van der Waals surface area contributed by atoms with Crippen molar-refractivity contribution >= 4 is 17.7 Å². The second-order valence-electron chi connectivity index (χ2n) is 11.1. The average Bonchev–Trinajstić information content (AvgIpc) is 3.08. The summed E-state index contributed by atoms with van der Waals surface area (Å²) in [5, 5.41) is 2.68. The summed E-state index contributed by atoms with van der Waals surface area (Å²) in [5.74, 6) is 2.41. The Hall–Kier alpha value is -1.65. The number of carbonyl (C=O) groups is 3. The molecule has 0 bridgehead atoms. The molecular formula is C26H39NO4. The zero-order chi connectivity index (χ0) is 22.4. The number of hydrogen-bond donors (Lipinski definition) is 1. The van der Waals surface area contributed by atoms with Crippen molar-refractivity contribution in [3.8, 4) is 0 Å². The van der Waals surface area contributed by atoms with E-state index < -0.39 is 0 Å². The lowest BCUT2D eigenvalue weighted by Gasteiger charge is -2.58. The maximum Gasteiger partial charge on any atom is 0.309 e. The molecule has 0 saturated heterocycles. The second kappa shape index (κ2) is 8.37. The van der Waals surface area contributed by atoms with E-state index in [1.807, 2.05) is 13.0 Å². The lowest BCUT2D eigenvalue weighted by Crippen LogP contribution is -2.51. The lowest BCUT2D eigenvalue weighted by atomic mass is 9.46. The molecule has 3 saturated carbocycles. The van der Waals surface area contributed by atoms with Gasteiger partial charge in [0.2, 0.25) is 5.91 Å². The number of esters is 1. The molecule has 0 radical (unpaired) electrons. The van der Waals surface area contributed by atoms with E-state index in [4.69, 9.17) is 4.74 Å². The molecule has 0 aromatic carbocycles. The molecule has 0 unspecified atom stereocenters. The van der Waals surface area contributed by atoms with Gasteiger partial charge < -0.3 is 10.1 Å². The van der Waals surface area contributed by atoms with Crippen molar-refractivity contribution in [3.63, 3.8) is 0 Å². The van der Waals surface area contributed by atoms with Crippen LogP contribution in [0.15, 0.2) is 11.6 Å². The molecule has 4 rings (SSSR count). The van der Waals surface area contributed by atoms with E-state index in [1.165, 1.54) is 38.2 Å². The Balaban J connectivity index is 1.45. The van der Waals surface area contributed by atoms with Gasteiger partial charge in [-0.05, 0) is 85.5 Å². The number of carbonyl (C=O) groups excluding carboxylic acids is 3. The van der Waals surface area contributed by atoms with Crippen LogP contribution in [0.25, 0.3) is 0 Å². The molecule has 5 nitrogen and oxygen atoms in total. The number of ketones is 1. The molecule has 1 amide bonds. The molecule has 4 aliphatic rings. The van der Waals surface area contributed by atoms with Crippen LogP contribution in [0, 0.1) is 40.4 Å². The first-order valence-corrected chi connectivity index (χ1v) is 12.3. The molecule has 0 spiro atoms. The first kappa shape index (κ1) is 22.5. The molecule has 0 heterocycles. The van der Waals surface area contributed by atoms with Gasteiger partial charge in [-0.3, -0.25) is 14.4 Å². The van der Waals surface area contributed by atoms with Gasteiger partial charge in [-0.1, -0.05) is 26.3 Å². The molecule has 4 aliphatic carbocycles. The Kier molecular flexibility index (Phi) is 6.08. The van der Waals surface area contributed by atoms with E-state index in [1.54, 1.807) is 0 Å². The van der Waals surface area contributed by atoms with Crippen LogP contribution in [0.3, 0.4) is 0 Å². The van der Waals surface area contributed by atoms with Gasteiger partial charge in [-0.2, -0.15) is 0 Å². The highest BCUT2D eigenvalue weighted by Crippen LogP contribution is 2.67. The first-order valence-electron chi connectivity index (χ1n) is 12.3. The molecule has 31 heavy (non-hydrogen) atoms. The Bertz CT molecular complexity index is 788. The standard InChI is InChI=1S/C26H39NO4/c1-16(24(30)31-14-13-27-17(2)28)21-7-8-22-20-6-5-18-15-19(29)9-11-25(18,3)23(20)10-12-26(21,22)4/h15-16,20-23H,5-14H2,1-4H3,(H,27,28)/t16-,20-,21+,22-,23-,25-,26+/m0/s1. The lowest BCUT2D eigenvalue weighted by molar-refractivity contribution is -0.153. The number of hydrogen-bond acceptors (Lipinski definition) is 4. The number of nitrogens with one attached hydrogen (secondary N) is 1. The molecule has 7 atom stereocenters. The average molecular weight is 430 g/mol. The van der Waals surface area contributed by atoms with Crippen LogP contribution in [-0.4, -0.2) is 30.8 Å². The first-order chi connectivity index (χ1) is 14.7. The summed E-state index contributed by atoms with van der Waals surface area (Å²) in [5.41, 5.74) is 1.81. The number of allylic oxidation sites excluding steroid dienone is 1. The van der Waals surface area contributed by atoms with Gasteiger partial charge in [-0.25, -0.2) is 0 Å². The van der Waals surface area contributed by atoms with Gasteiger partial charge in [-0.15, -0.1) is 0 Å².